The number of oxazole rings is 1. The first-order valence-electron chi connectivity index (χ1n) is 6.13. The Kier molecular flexibility index (Phi) is 3.96. The van der Waals surface area contributed by atoms with Crippen LogP contribution in [0.25, 0.3) is 0 Å². The predicted molar refractivity (Wildman–Crippen MR) is 63.4 cm³/mol. The molecular formula is C12H21N3O. The molecule has 0 aliphatic carbocycles. The van der Waals surface area contributed by atoms with Crippen LogP contribution in [-0.4, -0.2) is 36.6 Å². The summed E-state index contributed by atoms with van der Waals surface area (Å²) in [4.78, 5) is 6.96. The third-order valence-corrected chi connectivity index (χ3v) is 3.29. The summed E-state index contributed by atoms with van der Waals surface area (Å²) in [5.41, 5.74) is 0.999. The zero-order valence-corrected chi connectivity index (χ0v) is 10.2. The van der Waals surface area contributed by atoms with Crippen LogP contribution in [0.1, 0.15) is 37.4 Å². The summed E-state index contributed by atoms with van der Waals surface area (Å²) in [5, 5.41) is 3.16. The van der Waals surface area contributed by atoms with Crippen molar-refractivity contribution in [1.82, 2.24) is 15.2 Å². The molecule has 4 heteroatoms. The van der Waals surface area contributed by atoms with Gasteiger partial charge in [-0.05, 0) is 39.9 Å². The standard InChI is InChI=1S/C12H21N3O/c1-10(13-2)11-9-16-12(14-11)5-8-15-6-3-4-7-15/h9-10,13H,3-8H2,1-2H3. The van der Waals surface area contributed by atoms with Gasteiger partial charge in [-0.25, -0.2) is 4.98 Å². The van der Waals surface area contributed by atoms with E-state index >= 15 is 0 Å². The first-order chi connectivity index (χ1) is 7.79. The second kappa shape index (κ2) is 5.46. The maximum atomic E-state index is 5.47. The van der Waals surface area contributed by atoms with E-state index in [4.69, 9.17) is 4.42 Å². The van der Waals surface area contributed by atoms with Crippen LogP contribution in [-0.2, 0) is 6.42 Å². The molecule has 0 bridgehead atoms. The van der Waals surface area contributed by atoms with Crippen molar-refractivity contribution in [2.75, 3.05) is 26.7 Å². The van der Waals surface area contributed by atoms with Gasteiger partial charge in [0.1, 0.15) is 6.26 Å². The van der Waals surface area contributed by atoms with Crippen molar-refractivity contribution in [3.8, 4) is 0 Å². The van der Waals surface area contributed by atoms with Gasteiger partial charge in [0.25, 0.3) is 0 Å². The molecular weight excluding hydrogens is 202 g/mol. The Bertz CT molecular complexity index is 318. The van der Waals surface area contributed by atoms with Gasteiger partial charge in [-0.1, -0.05) is 0 Å². The molecule has 0 amide bonds. The van der Waals surface area contributed by atoms with Crippen LogP contribution in [0.15, 0.2) is 10.7 Å². The fourth-order valence-corrected chi connectivity index (χ4v) is 2.05. The van der Waals surface area contributed by atoms with E-state index < -0.39 is 0 Å². The van der Waals surface area contributed by atoms with E-state index in [9.17, 15) is 0 Å². The average molecular weight is 223 g/mol. The first-order valence-corrected chi connectivity index (χ1v) is 6.13. The van der Waals surface area contributed by atoms with E-state index in [0.29, 0.717) is 0 Å². The van der Waals surface area contributed by atoms with E-state index in [1.165, 1.54) is 25.9 Å². The van der Waals surface area contributed by atoms with E-state index in [1.54, 1.807) is 6.26 Å². The predicted octanol–water partition coefficient (Wildman–Crippen LogP) is 1.59. The molecule has 1 aliphatic rings. The summed E-state index contributed by atoms with van der Waals surface area (Å²) in [7, 11) is 1.93. The Morgan fingerprint density at radius 3 is 2.94 bits per heavy atom. The Hall–Kier alpha value is -0.870. The normalized spacial score (nSPS) is 19.1. The van der Waals surface area contributed by atoms with Crippen molar-refractivity contribution < 1.29 is 4.42 Å². The summed E-state index contributed by atoms with van der Waals surface area (Å²) in [6.07, 6.45) is 5.37. The minimum absolute atomic E-state index is 0.268. The van der Waals surface area contributed by atoms with Crippen molar-refractivity contribution in [1.29, 1.82) is 0 Å². The van der Waals surface area contributed by atoms with Crippen molar-refractivity contribution >= 4 is 0 Å². The molecule has 2 heterocycles. The molecule has 1 fully saturated rings. The summed E-state index contributed by atoms with van der Waals surface area (Å²) in [6.45, 7) is 5.64. The molecule has 0 radical (unpaired) electrons. The van der Waals surface area contributed by atoms with Gasteiger partial charge in [0.2, 0.25) is 0 Å². The highest BCUT2D eigenvalue weighted by atomic mass is 16.3. The molecule has 1 unspecified atom stereocenters. The highest BCUT2D eigenvalue weighted by Crippen LogP contribution is 2.13. The third kappa shape index (κ3) is 2.83. The van der Waals surface area contributed by atoms with Crippen molar-refractivity contribution in [2.24, 2.45) is 0 Å². The van der Waals surface area contributed by atoms with Crippen LogP contribution >= 0.6 is 0 Å². The molecule has 1 atom stereocenters. The van der Waals surface area contributed by atoms with Gasteiger partial charge < -0.3 is 14.6 Å². The molecule has 4 nitrogen and oxygen atoms in total. The number of hydrogen-bond acceptors (Lipinski definition) is 4. The fraction of sp³-hybridized carbons (Fsp3) is 0.750. The monoisotopic (exact) mass is 223 g/mol. The van der Waals surface area contributed by atoms with Crippen molar-refractivity contribution in [2.45, 2.75) is 32.2 Å². The minimum Gasteiger partial charge on any atom is -0.449 e. The van der Waals surface area contributed by atoms with Gasteiger partial charge in [-0.3, -0.25) is 0 Å². The fourth-order valence-electron chi connectivity index (χ4n) is 2.05. The molecule has 0 aromatic carbocycles. The SMILES string of the molecule is CNC(C)c1coc(CCN2CCCC2)n1. The first kappa shape index (κ1) is 11.6. The number of aromatic nitrogens is 1. The molecule has 1 aromatic rings. The average Bonchev–Trinajstić information content (AvgIpc) is 2.96. The Balaban J connectivity index is 1.82. The van der Waals surface area contributed by atoms with Crippen molar-refractivity contribution in [3.05, 3.63) is 17.8 Å². The maximum Gasteiger partial charge on any atom is 0.195 e. The highest BCUT2D eigenvalue weighted by molar-refractivity contribution is 5.02. The van der Waals surface area contributed by atoms with Gasteiger partial charge in [0.05, 0.1) is 5.69 Å². The quantitative estimate of drug-likeness (QED) is 0.823. The number of hydrogen-bond donors (Lipinski definition) is 1. The van der Waals surface area contributed by atoms with Crippen molar-refractivity contribution in [3.63, 3.8) is 0 Å². The molecule has 1 aliphatic heterocycles. The minimum atomic E-state index is 0.268. The Morgan fingerprint density at radius 1 is 1.50 bits per heavy atom. The van der Waals surface area contributed by atoms with E-state index in [1.807, 2.05) is 7.05 Å². The smallest absolute Gasteiger partial charge is 0.195 e. The Morgan fingerprint density at radius 2 is 2.25 bits per heavy atom. The van der Waals surface area contributed by atoms with Gasteiger partial charge >= 0.3 is 0 Å². The molecule has 1 saturated heterocycles. The largest absolute Gasteiger partial charge is 0.449 e. The van der Waals surface area contributed by atoms with Crippen LogP contribution in [0.4, 0.5) is 0 Å². The number of likely N-dealkylation sites (tertiary alicyclic amines) is 1. The summed E-state index contributed by atoms with van der Waals surface area (Å²) < 4.78 is 5.47. The molecule has 90 valence electrons. The van der Waals surface area contributed by atoms with Crippen LogP contribution in [0, 0.1) is 0 Å². The van der Waals surface area contributed by atoms with Crippen LogP contribution < -0.4 is 5.32 Å². The highest BCUT2D eigenvalue weighted by Gasteiger charge is 2.13. The maximum absolute atomic E-state index is 5.47. The zero-order valence-electron chi connectivity index (χ0n) is 10.2. The lowest BCUT2D eigenvalue weighted by molar-refractivity contribution is 0.328. The van der Waals surface area contributed by atoms with Crippen LogP contribution in [0.2, 0.25) is 0 Å². The van der Waals surface area contributed by atoms with E-state index in [-0.39, 0.29) is 6.04 Å². The topological polar surface area (TPSA) is 41.3 Å². The van der Waals surface area contributed by atoms with Gasteiger partial charge in [0.15, 0.2) is 5.89 Å². The second-order valence-electron chi connectivity index (χ2n) is 4.48. The number of nitrogens with zero attached hydrogens (tertiary/aromatic N) is 2. The van der Waals surface area contributed by atoms with Crippen LogP contribution in [0.5, 0.6) is 0 Å². The van der Waals surface area contributed by atoms with E-state index in [2.05, 4.69) is 22.1 Å². The second-order valence-corrected chi connectivity index (χ2v) is 4.48. The van der Waals surface area contributed by atoms with Gasteiger partial charge in [0, 0.05) is 19.0 Å². The van der Waals surface area contributed by atoms with Crippen LogP contribution in [0.3, 0.4) is 0 Å². The lowest BCUT2D eigenvalue weighted by atomic mass is 10.3. The molecule has 0 spiro atoms. The summed E-state index contributed by atoms with van der Waals surface area (Å²) >= 11 is 0. The molecule has 1 N–H and O–H groups in total. The molecule has 0 saturated carbocycles. The third-order valence-electron chi connectivity index (χ3n) is 3.29. The molecule has 1 aromatic heterocycles. The van der Waals surface area contributed by atoms with Gasteiger partial charge in [-0.15, -0.1) is 0 Å². The lowest BCUT2D eigenvalue weighted by Crippen LogP contribution is -2.22. The zero-order chi connectivity index (χ0) is 11.4. The summed E-state index contributed by atoms with van der Waals surface area (Å²) in [6, 6.07) is 0.268. The van der Waals surface area contributed by atoms with E-state index in [0.717, 1.165) is 24.6 Å². The Labute approximate surface area is 97.0 Å². The molecule has 2 rings (SSSR count). The number of rotatable bonds is 5. The molecule has 16 heavy (non-hydrogen) atoms. The number of nitrogens with one attached hydrogen (secondary N) is 1. The summed E-state index contributed by atoms with van der Waals surface area (Å²) in [5.74, 6) is 0.865. The lowest BCUT2D eigenvalue weighted by Gasteiger charge is -2.12. The van der Waals surface area contributed by atoms with Gasteiger partial charge in [-0.2, -0.15) is 0 Å².